The molecule has 0 bridgehead atoms. The third-order valence-electron chi connectivity index (χ3n) is 4.91. The maximum atomic E-state index is 12.3. The molecule has 0 unspecified atom stereocenters. The number of nitrogens with zero attached hydrogens (tertiary/aromatic N) is 2. The summed E-state index contributed by atoms with van der Waals surface area (Å²) < 4.78 is 0. The highest BCUT2D eigenvalue weighted by Gasteiger charge is 2.21. The van der Waals surface area contributed by atoms with Gasteiger partial charge in [-0.25, -0.2) is 4.98 Å². The fraction of sp³-hybridized carbons (Fsp3) is 0.526. The maximum absolute atomic E-state index is 12.3. The summed E-state index contributed by atoms with van der Waals surface area (Å²) in [6.07, 6.45) is 11.1. The van der Waals surface area contributed by atoms with Crippen LogP contribution in [-0.2, 0) is 16.0 Å². The summed E-state index contributed by atoms with van der Waals surface area (Å²) in [4.78, 5) is 29.9. The van der Waals surface area contributed by atoms with Crippen LogP contribution in [0.3, 0.4) is 0 Å². The lowest BCUT2D eigenvalue weighted by Gasteiger charge is -2.31. The van der Waals surface area contributed by atoms with Crippen molar-refractivity contribution in [1.82, 2.24) is 9.88 Å². The SMILES string of the molecule is CCCC1CCN(C(=O)/C=C/c2cnc3c(c2)CCC(=O)N3)CC1. The maximum Gasteiger partial charge on any atom is 0.246 e. The van der Waals surface area contributed by atoms with Crippen molar-refractivity contribution in [2.24, 2.45) is 5.92 Å². The quantitative estimate of drug-likeness (QED) is 0.865. The van der Waals surface area contributed by atoms with E-state index in [4.69, 9.17) is 0 Å². The fourth-order valence-corrected chi connectivity index (χ4v) is 3.49. The number of piperidine rings is 1. The normalized spacial score (nSPS) is 18.5. The number of rotatable bonds is 4. The Morgan fingerprint density at radius 3 is 2.92 bits per heavy atom. The molecule has 0 spiro atoms. The Hall–Kier alpha value is -2.17. The predicted octanol–water partition coefficient (Wildman–Crippen LogP) is 3.02. The topological polar surface area (TPSA) is 62.3 Å². The molecule has 24 heavy (non-hydrogen) atoms. The van der Waals surface area contributed by atoms with E-state index >= 15 is 0 Å². The van der Waals surface area contributed by atoms with Crippen molar-refractivity contribution in [3.8, 4) is 0 Å². The van der Waals surface area contributed by atoms with E-state index < -0.39 is 0 Å². The second kappa shape index (κ2) is 7.60. The van der Waals surface area contributed by atoms with Crippen molar-refractivity contribution in [3.63, 3.8) is 0 Å². The van der Waals surface area contributed by atoms with E-state index in [1.54, 1.807) is 12.3 Å². The van der Waals surface area contributed by atoms with Gasteiger partial charge in [0, 0.05) is 31.8 Å². The fourth-order valence-electron chi connectivity index (χ4n) is 3.49. The number of carbonyl (C=O) groups excluding carboxylic acids is 2. The Morgan fingerprint density at radius 1 is 1.38 bits per heavy atom. The zero-order valence-electron chi connectivity index (χ0n) is 14.3. The number of fused-ring (bicyclic) bond motifs is 1. The largest absolute Gasteiger partial charge is 0.339 e. The van der Waals surface area contributed by atoms with Gasteiger partial charge in [0.2, 0.25) is 11.8 Å². The molecule has 5 heteroatoms. The van der Waals surface area contributed by atoms with E-state index in [-0.39, 0.29) is 11.8 Å². The number of anilines is 1. The molecule has 1 N–H and O–H groups in total. The van der Waals surface area contributed by atoms with Gasteiger partial charge in [0.05, 0.1) is 0 Å². The Bertz CT molecular complexity index is 646. The van der Waals surface area contributed by atoms with Gasteiger partial charge in [0.1, 0.15) is 5.82 Å². The molecule has 0 atom stereocenters. The predicted molar refractivity (Wildman–Crippen MR) is 94.4 cm³/mol. The summed E-state index contributed by atoms with van der Waals surface area (Å²) in [6.45, 7) is 3.95. The van der Waals surface area contributed by atoms with Crippen LogP contribution in [0.4, 0.5) is 5.82 Å². The number of aryl methyl sites for hydroxylation is 1. The van der Waals surface area contributed by atoms with E-state index in [0.29, 0.717) is 18.7 Å². The number of amides is 2. The second-order valence-electron chi connectivity index (χ2n) is 6.72. The summed E-state index contributed by atoms with van der Waals surface area (Å²) in [6, 6.07) is 2.00. The van der Waals surface area contributed by atoms with Gasteiger partial charge in [0.25, 0.3) is 0 Å². The summed E-state index contributed by atoms with van der Waals surface area (Å²) in [5.41, 5.74) is 1.93. The first kappa shape index (κ1) is 16.7. The van der Waals surface area contributed by atoms with E-state index in [0.717, 1.165) is 43.0 Å². The van der Waals surface area contributed by atoms with Gasteiger partial charge < -0.3 is 10.2 Å². The van der Waals surface area contributed by atoms with Crippen molar-refractivity contribution in [2.45, 2.75) is 45.4 Å². The van der Waals surface area contributed by atoms with Crippen LogP contribution in [0.2, 0.25) is 0 Å². The molecule has 0 saturated carbocycles. The van der Waals surface area contributed by atoms with E-state index in [1.807, 2.05) is 17.0 Å². The van der Waals surface area contributed by atoms with E-state index in [9.17, 15) is 9.59 Å². The van der Waals surface area contributed by atoms with Crippen molar-refractivity contribution in [1.29, 1.82) is 0 Å². The number of carbonyl (C=O) groups is 2. The highest BCUT2D eigenvalue weighted by Crippen LogP contribution is 2.23. The average molecular weight is 327 g/mol. The monoisotopic (exact) mass is 327 g/mol. The molecule has 1 saturated heterocycles. The highest BCUT2D eigenvalue weighted by atomic mass is 16.2. The molecule has 0 radical (unpaired) electrons. The minimum Gasteiger partial charge on any atom is -0.339 e. The third kappa shape index (κ3) is 4.02. The van der Waals surface area contributed by atoms with Gasteiger partial charge in [-0.2, -0.15) is 0 Å². The van der Waals surface area contributed by atoms with Crippen LogP contribution in [0.1, 0.15) is 50.2 Å². The van der Waals surface area contributed by atoms with Crippen molar-refractivity contribution >= 4 is 23.7 Å². The molecular formula is C19H25N3O2. The molecule has 2 aliphatic heterocycles. The molecule has 3 rings (SSSR count). The van der Waals surface area contributed by atoms with E-state index in [1.165, 1.54) is 12.8 Å². The summed E-state index contributed by atoms with van der Waals surface area (Å²) in [5.74, 6) is 1.52. The Kier molecular flexibility index (Phi) is 5.28. The van der Waals surface area contributed by atoms with Crippen molar-refractivity contribution in [3.05, 3.63) is 29.5 Å². The number of aromatic nitrogens is 1. The van der Waals surface area contributed by atoms with Gasteiger partial charge in [-0.1, -0.05) is 19.8 Å². The lowest BCUT2D eigenvalue weighted by molar-refractivity contribution is -0.127. The molecule has 3 heterocycles. The molecular weight excluding hydrogens is 302 g/mol. The lowest BCUT2D eigenvalue weighted by atomic mass is 9.92. The van der Waals surface area contributed by atoms with Gasteiger partial charge in [0.15, 0.2) is 0 Å². The molecule has 1 fully saturated rings. The molecule has 1 aromatic rings. The molecule has 0 aromatic carbocycles. The highest BCUT2D eigenvalue weighted by molar-refractivity contribution is 5.93. The number of hydrogen-bond donors (Lipinski definition) is 1. The zero-order valence-corrected chi connectivity index (χ0v) is 14.3. The molecule has 1 aromatic heterocycles. The van der Waals surface area contributed by atoms with Gasteiger partial charge in [-0.3, -0.25) is 9.59 Å². The van der Waals surface area contributed by atoms with Crippen LogP contribution in [0.5, 0.6) is 0 Å². The van der Waals surface area contributed by atoms with Crippen LogP contribution in [0.15, 0.2) is 18.3 Å². The molecule has 0 aliphatic carbocycles. The van der Waals surface area contributed by atoms with Crippen molar-refractivity contribution < 1.29 is 9.59 Å². The van der Waals surface area contributed by atoms with Crippen molar-refractivity contribution in [2.75, 3.05) is 18.4 Å². The Balaban J connectivity index is 1.58. The van der Waals surface area contributed by atoms with Gasteiger partial charge >= 0.3 is 0 Å². The Morgan fingerprint density at radius 2 is 2.17 bits per heavy atom. The van der Waals surface area contributed by atoms with Gasteiger partial charge in [-0.15, -0.1) is 0 Å². The first-order valence-electron chi connectivity index (χ1n) is 8.91. The molecule has 128 valence electrons. The number of pyridine rings is 1. The summed E-state index contributed by atoms with van der Waals surface area (Å²) in [7, 11) is 0. The first-order chi connectivity index (χ1) is 11.7. The summed E-state index contributed by atoms with van der Waals surface area (Å²) in [5, 5.41) is 2.77. The Labute approximate surface area is 143 Å². The number of hydrogen-bond acceptors (Lipinski definition) is 3. The third-order valence-corrected chi connectivity index (χ3v) is 4.91. The minimum atomic E-state index is 0.0138. The van der Waals surface area contributed by atoms with Gasteiger partial charge in [-0.05, 0) is 48.4 Å². The molecule has 2 amide bonds. The molecule has 2 aliphatic rings. The second-order valence-corrected chi connectivity index (χ2v) is 6.72. The summed E-state index contributed by atoms with van der Waals surface area (Å²) >= 11 is 0. The smallest absolute Gasteiger partial charge is 0.246 e. The lowest BCUT2D eigenvalue weighted by Crippen LogP contribution is -2.37. The zero-order chi connectivity index (χ0) is 16.9. The molecule has 5 nitrogen and oxygen atoms in total. The van der Waals surface area contributed by atoms with Crippen LogP contribution in [-0.4, -0.2) is 34.8 Å². The number of nitrogens with one attached hydrogen (secondary N) is 1. The minimum absolute atomic E-state index is 0.0138. The van der Waals surface area contributed by atoms with Crippen LogP contribution >= 0.6 is 0 Å². The van der Waals surface area contributed by atoms with Crippen LogP contribution < -0.4 is 5.32 Å². The standard InChI is InChI=1S/C19H25N3O2/c1-2-3-14-8-10-22(11-9-14)18(24)7-4-15-12-16-5-6-17(23)21-19(16)20-13-15/h4,7,12-14H,2-3,5-6,8-11H2,1H3,(H,20,21,23)/b7-4+. The first-order valence-corrected chi connectivity index (χ1v) is 8.91. The average Bonchev–Trinajstić information content (AvgIpc) is 2.60. The van der Waals surface area contributed by atoms with Crippen LogP contribution in [0, 0.1) is 5.92 Å². The van der Waals surface area contributed by atoms with Crippen LogP contribution in [0.25, 0.3) is 6.08 Å². The van der Waals surface area contributed by atoms with E-state index in [2.05, 4.69) is 17.2 Å². The number of likely N-dealkylation sites (tertiary alicyclic amines) is 1.